The summed E-state index contributed by atoms with van der Waals surface area (Å²) < 4.78 is 1.54. The minimum atomic E-state index is -0.378. The number of hydrogen-bond donors (Lipinski definition) is 2. The van der Waals surface area contributed by atoms with Crippen molar-refractivity contribution < 1.29 is 4.92 Å². The Morgan fingerprint density at radius 2 is 2.27 bits per heavy atom. The van der Waals surface area contributed by atoms with Gasteiger partial charge in [0.25, 0.3) is 0 Å². The molecule has 1 aliphatic carbocycles. The lowest BCUT2D eigenvalue weighted by Crippen LogP contribution is -2.19. The van der Waals surface area contributed by atoms with E-state index in [2.05, 4.69) is 10.4 Å². The van der Waals surface area contributed by atoms with Crippen molar-refractivity contribution in [3.63, 3.8) is 0 Å². The van der Waals surface area contributed by atoms with E-state index < -0.39 is 0 Å². The minimum absolute atomic E-state index is 0.0397. The Kier molecular flexibility index (Phi) is 3.48. The van der Waals surface area contributed by atoms with Gasteiger partial charge in [-0.05, 0) is 49.4 Å². The van der Waals surface area contributed by atoms with Crippen LogP contribution in [0, 0.1) is 17.0 Å². The molecule has 0 saturated carbocycles. The molecule has 1 aliphatic rings. The molecule has 3 rings (SSSR count). The second kappa shape index (κ2) is 5.32. The molecule has 1 atom stereocenters. The molecule has 1 heterocycles. The highest BCUT2D eigenvalue weighted by Gasteiger charge is 2.28. The first-order valence-corrected chi connectivity index (χ1v) is 7.30. The largest absolute Gasteiger partial charge is 0.399 e. The van der Waals surface area contributed by atoms with E-state index in [4.69, 9.17) is 5.73 Å². The molecule has 0 radical (unpaired) electrons. The zero-order chi connectivity index (χ0) is 15.9. The fourth-order valence-corrected chi connectivity index (χ4v) is 3.18. The summed E-state index contributed by atoms with van der Waals surface area (Å²) in [6.45, 7) is 1.65. The van der Waals surface area contributed by atoms with E-state index >= 15 is 0 Å². The summed E-state index contributed by atoms with van der Waals surface area (Å²) >= 11 is 0. The van der Waals surface area contributed by atoms with Crippen LogP contribution >= 0.6 is 0 Å². The van der Waals surface area contributed by atoms with Crippen LogP contribution in [0.3, 0.4) is 0 Å². The van der Waals surface area contributed by atoms with E-state index in [1.165, 1.54) is 5.56 Å². The van der Waals surface area contributed by atoms with Crippen LogP contribution in [0.2, 0.25) is 0 Å². The van der Waals surface area contributed by atoms with Crippen LogP contribution in [0.5, 0.6) is 0 Å². The fourth-order valence-electron chi connectivity index (χ4n) is 3.18. The number of hydrogen-bond acceptors (Lipinski definition) is 5. The lowest BCUT2D eigenvalue weighted by atomic mass is 9.87. The molecule has 7 nitrogen and oxygen atoms in total. The summed E-state index contributed by atoms with van der Waals surface area (Å²) in [7, 11) is 1.72. The standard InChI is InChI=1S/C15H19N5O2/c1-9-14(20(21)22)15(19(2)18-9)17-13-5-3-4-10-8-11(16)6-7-12(10)13/h6-8,13,17H,3-5,16H2,1-2H3. The van der Waals surface area contributed by atoms with Gasteiger partial charge in [0.05, 0.1) is 11.0 Å². The summed E-state index contributed by atoms with van der Waals surface area (Å²) in [6, 6.07) is 5.92. The van der Waals surface area contributed by atoms with Crippen molar-refractivity contribution in [1.29, 1.82) is 0 Å². The molecule has 2 aromatic rings. The lowest BCUT2D eigenvalue weighted by Gasteiger charge is -2.27. The van der Waals surface area contributed by atoms with Crippen LogP contribution in [0.1, 0.15) is 35.7 Å². The van der Waals surface area contributed by atoms with Gasteiger partial charge in [0, 0.05) is 12.7 Å². The third-order valence-corrected chi connectivity index (χ3v) is 4.17. The molecule has 0 bridgehead atoms. The second-order valence-electron chi connectivity index (χ2n) is 5.71. The monoisotopic (exact) mass is 301 g/mol. The highest BCUT2D eigenvalue weighted by atomic mass is 16.6. The van der Waals surface area contributed by atoms with E-state index in [-0.39, 0.29) is 16.7 Å². The van der Waals surface area contributed by atoms with E-state index in [1.807, 2.05) is 18.2 Å². The first-order chi connectivity index (χ1) is 10.5. The third-order valence-electron chi connectivity index (χ3n) is 4.17. The van der Waals surface area contributed by atoms with Gasteiger partial charge in [-0.3, -0.25) is 10.1 Å². The normalized spacial score (nSPS) is 17.1. The van der Waals surface area contributed by atoms with Gasteiger partial charge >= 0.3 is 5.69 Å². The number of nitrogens with two attached hydrogens (primary N) is 1. The Bertz CT molecular complexity index is 738. The Morgan fingerprint density at radius 3 is 3.00 bits per heavy atom. The number of fused-ring (bicyclic) bond motifs is 1. The first-order valence-electron chi connectivity index (χ1n) is 7.30. The number of nitrogens with zero attached hydrogens (tertiary/aromatic N) is 3. The Balaban J connectivity index is 1.98. The minimum Gasteiger partial charge on any atom is -0.399 e. The van der Waals surface area contributed by atoms with Crippen LogP contribution in [0.4, 0.5) is 17.2 Å². The molecular weight excluding hydrogens is 282 g/mol. The number of rotatable bonds is 3. The van der Waals surface area contributed by atoms with Crippen molar-refractivity contribution in [3.05, 3.63) is 45.1 Å². The van der Waals surface area contributed by atoms with Gasteiger partial charge in [0.1, 0.15) is 5.69 Å². The highest BCUT2D eigenvalue weighted by molar-refractivity contribution is 5.61. The molecule has 22 heavy (non-hydrogen) atoms. The summed E-state index contributed by atoms with van der Waals surface area (Å²) in [5.74, 6) is 0.456. The molecule has 0 fully saturated rings. The molecule has 0 aliphatic heterocycles. The quantitative estimate of drug-likeness (QED) is 0.516. The smallest absolute Gasteiger partial charge is 0.333 e. The van der Waals surface area contributed by atoms with Gasteiger partial charge < -0.3 is 11.1 Å². The number of aryl methyl sites for hydroxylation is 3. The van der Waals surface area contributed by atoms with Crippen molar-refractivity contribution in [2.75, 3.05) is 11.1 Å². The van der Waals surface area contributed by atoms with Crippen molar-refractivity contribution >= 4 is 17.2 Å². The molecule has 0 spiro atoms. The average molecular weight is 301 g/mol. The summed E-state index contributed by atoms with van der Waals surface area (Å²) in [4.78, 5) is 10.9. The Labute approximate surface area is 128 Å². The van der Waals surface area contributed by atoms with Crippen molar-refractivity contribution in [2.45, 2.75) is 32.2 Å². The predicted molar refractivity (Wildman–Crippen MR) is 84.8 cm³/mol. The maximum absolute atomic E-state index is 11.3. The van der Waals surface area contributed by atoms with Crippen LogP contribution in [-0.4, -0.2) is 14.7 Å². The molecular formula is C15H19N5O2. The molecule has 0 amide bonds. The topological polar surface area (TPSA) is 99.0 Å². The SMILES string of the molecule is Cc1nn(C)c(NC2CCCc3cc(N)ccc32)c1[N+](=O)[O-]. The molecule has 7 heteroatoms. The van der Waals surface area contributed by atoms with Crippen LogP contribution in [0.15, 0.2) is 18.2 Å². The number of nitro groups is 1. The van der Waals surface area contributed by atoms with Gasteiger partial charge in [-0.15, -0.1) is 0 Å². The van der Waals surface area contributed by atoms with Gasteiger partial charge in [-0.25, -0.2) is 4.68 Å². The van der Waals surface area contributed by atoms with Gasteiger partial charge in [-0.1, -0.05) is 6.07 Å². The molecule has 0 saturated heterocycles. The summed E-state index contributed by atoms with van der Waals surface area (Å²) in [6.07, 6.45) is 2.95. The Morgan fingerprint density at radius 1 is 1.50 bits per heavy atom. The van der Waals surface area contributed by atoms with Crippen LogP contribution in [0.25, 0.3) is 0 Å². The van der Waals surface area contributed by atoms with Crippen LogP contribution in [-0.2, 0) is 13.5 Å². The zero-order valence-corrected chi connectivity index (χ0v) is 12.7. The maximum atomic E-state index is 11.3. The fraction of sp³-hybridized carbons (Fsp3) is 0.400. The van der Waals surface area contributed by atoms with E-state index in [0.717, 1.165) is 30.5 Å². The van der Waals surface area contributed by atoms with Crippen molar-refractivity contribution in [1.82, 2.24) is 9.78 Å². The molecule has 116 valence electrons. The van der Waals surface area contributed by atoms with E-state index in [0.29, 0.717) is 11.5 Å². The van der Waals surface area contributed by atoms with Gasteiger partial charge in [0.15, 0.2) is 0 Å². The molecule has 1 unspecified atom stereocenters. The second-order valence-corrected chi connectivity index (χ2v) is 5.71. The average Bonchev–Trinajstić information content (AvgIpc) is 2.73. The Hall–Kier alpha value is -2.57. The van der Waals surface area contributed by atoms with Crippen molar-refractivity contribution in [2.24, 2.45) is 7.05 Å². The van der Waals surface area contributed by atoms with Crippen molar-refractivity contribution in [3.8, 4) is 0 Å². The highest BCUT2D eigenvalue weighted by Crippen LogP contribution is 2.36. The summed E-state index contributed by atoms with van der Waals surface area (Å²) in [5, 5.41) is 18.8. The predicted octanol–water partition coefficient (Wildman–Crippen LogP) is 2.71. The maximum Gasteiger partial charge on any atom is 0.333 e. The lowest BCUT2D eigenvalue weighted by molar-refractivity contribution is -0.384. The third kappa shape index (κ3) is 2.38. The molecule has 3 N–H and O–H groups in total. The van der Waals surface area contributed by atoms with E-state index in [1.54, 1.807) is 18.7 Å². The molecule has 1 aromatic heterocycles. The zero-order valence-electron chi connectivity index (χ0n) is 12.7. The molecule has 1 aromatic carbocycles. The summed E-state index contributed by atoms with van der Waals surface area (Å²) in [5.41, 5.74) is 9.44. The number of nitrogens with one attached hydrogen (secondary N) is 1. The first kappa shape index (κ1) is 14.4. The van der Waals surface area contributed by atoms with Crippen LogP contribution < -0.4 is 11.1 Å². The number of anilines is 2. The van der Waals surface area contributed by atoms with Gasteiger partial charge in [0.2, 0.25) is 5.82 Å². The number of benzene rings is 1. The number of nitrogen functional groups attached to an aromatic ring is 1. The van der Waals surface area contributed by atoms with Gasteiger partial charge in [-0.2, -0.15) is 5.10 Å². The number of aromatic nitrogens is 2. The van der Waals surface area contributed by atoms with E-state index in [9.17, 15) is 10.1 Å².